The fourth-order valence-electron chi connectivity index (χ4n) is 1.25. The molecule has 0 N–H and O–H groups in total. The SMILES string of the molecule is Fc1cccc(F)c1-c1ncnc(Br)c1F. The number of hydrogen-bond acceptors (Lipinski definition) is 2. The quantitative estimate of drug-likeness (QED) is 0.753. The Morgan fingerprint density at radius 3 is 2.25 bits per heavy atom. The Labute approximate surface area is 97.3 Å². The van der Waals surface area contributed by atoms with Crippen molar-refractivity contribution < 1.29 is 13.2 Å². The van der Waals surface area contributed by atoms with Gasteiger partial charge in [0, 0.05) is 0 Å². The number of halogens is 4. The molecule has 0 aliphatic carbocycles. The molecule has 0 radical (unpaired) electrons. The summed E-state index contributed by atoms with van der Waals surface area (Å²) in [5, 5.41) is 0. The minimum atomic E-state index is -0.897. The van der Waals surface area contributed by atoms with E-state index in [0.29, 0.717) is 0 Å². The minimum Gasteiger partial charge on any atom is -0.233 e. The topological polar surface area (TPSA) is 25.8 Å². The molecule has 2 nitrogen and oxygen atoms in total. The van der Waals surface area contributed by atoms with Crippen LogP contribution in [-0.2, 0) is 0 Å². The average molecular weight is 289 g/mol. The van der Waals surface area contributed by atoms with Gasteiger partial charge in [0.25, 0.3) is 0 Å². The third kappa shape index (κ3) is 1.80. The summed E-state index contributed by atoms with van der Waals surface area (Å²) in [6.45, 7) is 0. The van der Waals surface area contributed by atoms with Crippen molar-refractivity contribution in [2.24, 2.45) is 0 Å². The van der Waals surface area contributed by atoms with Crippen LogP contribution in [0.1, 0.15) is 0 Å². The van der Waals surface area contributed by atoms with Gasteiger partial charge in [0.15, 0.2) is 5.82 Å². The summed E-state index contributed by atoms with van der Waals surface area (Å²) in [7, 11) is 0. The predicted molar refractivity (Wildman–Crippen MR) is 55.0 cm³/mol. The molecule has 0 saturated heterocycles. The molecule has 0 spiro atoms. The lowest BCUT2D eigenvalue weighted by Crippen LogP contribution is -1.98. The van der Waals surface area contributed by atoms with E-state index in [1.54, 1.807) is 0 Å². The molecule has 1 aromatic carbocycles. The number of nitrogens with zero attached hydrogens (tertiary/aromatic N) is 2. The second-order valence-electron chi connectivity index (χ2n) is 2.92. The highest BCUT2D eigenvalue weighted by Crippen LogP contribution is 2.28. The first-order chi connectivity index (χ1) is 7.61. The van der Waals surface area contributed by atoms with Crippen LogP contribution in [0.15, 0.2) is 29.1 Å². The predicted octanol–water partition coefficient (Wildman–Crippen LogP) is 3.32. The molecule has 1 aromatic heterocycles. The molecule has 1 heterocycles. The van der Waals surface area contributed by atoms with Crippen LogP contribution in [0.2, 0.25) is 0 Å². The second kappa shape index (κ2) is 4.21. The van der Waals surface area contributed by atoms with E-state index in [1.165, 1.54) is 6.07 Å². The van der Waals surface area contributed by atoms with E-state index in [-0.39, 0.29) is 4.60 Å². The Bertz CT molecular complexity index is 525. The van der Waals surface area contributed by atoms with Gasteiger partial charge in [-0.25, -0.2) is 23.1 Å². The van der Waals surface area contributed by atoms with Crippen molar-refractivity contribution >= 4 is 15.9 Å². The van der Waals surface area contributed by atoms with Gasteiger partial charge in [-0.3, -0.25) is 0 Å². The molecular formula is C10H4BrF3N2. The first kappa shape index (κ1) is 11.1. The van der Waals surface area contributed by atoms with E-state index in [0.717, 1.165) is 18.5 Å². The zero-order valence-corrected chi connectivity index (χ0v) is 9.30. The molecule has 2 rings (SSSR count). The van der Waals surface area contributed by atoms with Crippen molar-refractivity contribution in [2.45, 2.75) is 0 Å². The molecule has 0 amide bonds. The molecule has 16 heavy (non-hydrogen) atoms. The van der Waals surface area contributed by atoms with E-state index in [1.807, 2.05) is 0 Å². The standard InChI is InChI=1S/C10H4BrF3N2/c11-10-8(14)9(15-4-16-10)7-5(12)2-1-3-6(7)13/h1-4H. The fourth-order valence-corrected chi connectivity index (χ4v) is 1.53. The molecule has 0 unspecified atom stereocenters. The van der Waals surface area contributed by atoms with Crippen molar-refractivity contribution in [1.82, 2.24) is 9.97 Å². The zero-order chi connectivity index (χ0) is 11.7. The summed E-state index contributed by atoms with van der Waals surface area (Å²) in [5.41, 5.74) is -0.902. The van der Waals surface area contributed by atoms with Crippen LogP contribution in [-0.4, -0.2) is 9.97 Å². The average Bonchev–Trinajstić information content (AvgIpc) is 2.24. The highest BCUT2D eigenvalue weighted by atomic mass is 79.9. The van der Waals surface area contributed by atoms with Crippen molar-refractivity contribution in [3.8, 4) is 11.3 Å². The van der Waals surface area contributed by atoms with Crippen molar-refractivity contribution in [3.63, 3.8) is 0 Å². The van der Waals surface area contributed by atoms with Gasteiger partial charge in [-0.1, -0.05) is 6.07 Å². The fraction of sp³-hybridized carbons (Fsp3) is 0. The van der Waals surface area contributed by atoms with E-state index in [4.69, 9.17) is 0 Å². The molecule has 0 fully saturated rings. The number of hydrogen-bond donors (Lipinski definition) is 0. The zero-order valence-electron chi connectivity index (χ0n) is 7.72. The highest BCUT2D eigenvalue weighted by molar-refractivity contribution is 9.10. The Balaban J connectivity index is 2.73. The lowest BCUT2D eigenvalue weighted by molar-refractivity contribution is 0.574. The molecule has 6 heteroatoms. The van der Waals surface area contributed by atoms with Crippen molar-refractivity contribution in [1.29, 1.82) is 0 Å². The van der Waals surface area contributed by atoms with Crippen LogP contribution < -0.4 is 0 Å². The molecule has 82 valence electrons. The van der Waals surface area contributed by atoms with E-state index < -0.39 is 28.7 Å². The van der Waals surface area contributed by atoms with Gasteiger partial charge in [0.05, 0.1) is 5.56 Å². The Morgan fingerprint density at radius 1 is 1.00 bits per heavy atom. The third-order valence-electron chi connectivity index (χ3n) is 1.95. The van der Waals surface area contributed by atoms with Gasteiger partial charge >= 0.3 is 0 Å². The van der Waals surface area contributed by atoms with Gasteiger partial charge in [0.1, 0.15) is 28.3 Å². The van der Waals surface area contributed by atoms with E-state index >= 15 is 0 Å². The molecule has 0 bridgehead atoms. The monoisotopic (exact) mass is 288 g/mol. The van der Waals surface area contributed by atoms with Crippen LogP contribution in [0.25, 0.3) is 11.3 Å². The van der Waals surface area contributed by atoms with Gasteiger partial charge in [-0.15, -0.1) is 0 Å². The molecule has 0 atom stereocenters. The maximum Gasteiger partial charge on any atom is 0.182 e. The molecule has 0 aliphatic rings. The normalized spacial score (nSPS) is 10.5. The largest absolute Gasteiger partial charge is 0.233 e. The van der Waals surface area contributed by atoms with Crippen LogP contribution in [0.5, 0.6) is 0 Å². The van der Waals surface area contributed by atoms with Crippen molar-refractivity contribution in [2.75, 3.05) is 0 Å². The Hall–Kier alpha value is -1.43. The Kier molecular flexibility index (Phi) is 2.91. The first-order valence-electron chi connectivity index (χ1n) is 4.21. The lowest BCUT2D eigenvalue weighted by Gasteiger charge is -2.05. The maximum atomic E-state index is 13.5. The van der Waals surface area contributed by atoms with Crippen LogP contribution in [0, 0.1) is 17.5 Å². The second-order valence-corrected chi connectivity index (χ2v) is 3.67. The van der Waals surface area contributed by atoms with E-state index in [9.17, 15) is 13.2 Å². The number of benzene rings is 1. The lowest BCUT2D eigenvalue weighted by atomic mass is 10.1. The minimum absolute atomic E-state index is 0.139. The summed E-state index contributed by atoms with van der Waals surface area (Å²) >= 11 is 2.82. The van der Waals surface area contributed by atoms with Gasteiger partial charge in [-0.2, -0.15) is 0 Å². The van der Waals surface area contributed by atoms with Gasteiger partial charge in [0.2, 0.25) is 0 Å². The maximum absolute atomic E-state index is 13.5. The highest BCUT2D eigenvalue weighted by Gasteiger charge is 2.18. The third-order valence-corrected chi connectivity index (χ3v) is 2.50. The molecule has 0 saturated carbocycles. The van der Waals surface area contributed by atoms with E-state index in [2.05, 4.69) is 25.9 Å². The van der Waals surface area contributed by atoms with Crippen LogP contribution >= 0.6 is 15.9 Å². The summed E-state index contributed by atoms with van der Waals surface area (Å²) < 4.78 is 40.1. The first-order valence-corrected chi connectivity index (χ1v) is 5.01. The van der Waals surface area contributed by atoms with Gasteiger partial charge < -0.3 is 0 Å². The summed E-state index contributed by atoms with van der Waals surface area (Å²) in [6, 6.07) is 3.27. The summed E-state index contributed by atoms with van der Waals surface area (Å²) in [4.78, 5) is 7.04. The van der Waals surface area contributed by atoms with Crippen LogP contribution in [0.4, 0.5) is 13.2 Å². The summed E-state index contributed by atoms with van der Waals surface area (Å²) in [6.07, 6.45) is 1.02. The Morgan fingerprint density at radius 2 is 1.62 bits per heavy atom. The molecular weight excluding hydrogens is 285 g/mol. The molecule has 2 aromatic rings. The number of aromatic nitrogens is 2. The smallest absolute Gasteiger partial charge is 0.182 e. The summed E-state index contributed by atoms with van der Waals surface area (Å²) in [5.74, 6) is -2.64. The van der Waals surface area contributed by atoms with Crippen molar-refractivity contribution in [3.05, 3.63) is 46.6 Å². The van der Waals surface area contributed by atoms with Gasteiger partial charge in [-0.05, 0) is 28.1 Å². The molecule has 0 aliphatic heterocycles. The van der Waals surface area contributed by atoms with Crippen LogP contribution in [0.3, 0.4) is 0 Å². The number of rotatable bonds is 1.